The summed E-state index contributed by atoms with van der Waals surface area (Å²) in [6, 6.07) is 4.92. The van der Waals surface area contributed by atoms with Gasteiger partial charge in [0, 0.05) is 31.8 Å². The molecular weight excluding hydrogens is 391 g/mol. The van der Waals surface area contributed by atoms with E-state index >= 15 is 0 Å². The van der Waals surface area contributed by atoms with Gasteiger partial charge in [0.1, 0.15) is 17.5 Å². The number of imidazole rings is 1. The summed E-state index contributed by atoms with van der Waals surface area (Å²) >= 11 is 0. The Kier molecular flexibility index (Phi) is 6.00. The Hall–Kier alpha value is -3.10. The maximum atomic E-state index is 14.8. The van der Waals surface area contributed by atoms with Crippen LogP contribution in [0.1, 0.15) is 37.6 Å². The minimum absolute atomic E-state index is 0.141. The molecule has 30 heavy (non-hydrogen) atoms. The van der Waals surface area contributed by atoms with E-state index in [1.807, 2.05) is 13.2 Å². The first-order chi connectivity index (χ1) is 14.0. The van der Waals surface area contributed by atoms with Gasteiger partial charge in [0.15, 0.2) is 6.17 Å². The summed E-state index contributed by atoms with van der Waals surface area (Å²) in [6.45, 7) is 5.42. The molecule has 0 aliphatic carbocycles. The van der Waals surface area contributed by atoms with Crippen molar-refractivity contribution in [3.63, 3.8) is 0 Å². The summed E-state index contributed by atoms with van der Waals surface area (Å²) in [5, 5.41) is 0. The van der Waals surface area contributed by atoms with Gasteiger partial charge in [0.25, 0.3) is 5.91 Å². The van der Waals surface area contributed by atoms with Crippen molar-refractivity contribution in [1.82, 2.24) is 14.5 Å². The van der Waals surface area contributed by atoms with Crippen LogP contribution in [0.5, 0.6) is 5.75 Å². The monoisotopic (exact) mass is 418 g/mol. The third kappa shape index (κ3) is 5.08. The van der Waals surface area contributed by atoms with Crippen LogP contribution in [0, 0.1) is 0 Å². The van der Waals surface area contributed by atoms with E-state index in [9.17, 15) is 14.0 Å². The lowest BCUT2D eigenvalue weighted by molar-refractivity contribution is -0.0106. The number of likely N-dealkylation sites (tertiary alicyclic amines) is 1. The topological polar surface area (TPSA) is 99.7 Å². The van der Waals surface area contributed by atoms with Gasteiger partial charge in [-0.2, -0.15) is 0 Å². The Morgan fingerprint density at radius 3 is 2.60 bits per heavy atom. The van der Waals surface area contributed by atoms with Gasteiger partial charge in [0.05, 0.1) is 24.1 Å². The predicted molar refractivity (Wildman–Crippen MR) is 109 cm³/mol. The number of carbonyl (C=O) groups excluding carboxylic acids is 2. The molecule has 2 amide bonds. The number of primary amides is 1. The number of aromatic nitrogens is 2. The molecule has 9 heteroatoms. The van der Waals surface area contributed by atoms with Gasteiger partial charge < -0.3 is 24.7 Å². The molecule has 162 valence electrons. The molecule has 1 aromatic heterocycles. The Morgan fingerprint density at radius 2 is 2.03 bits per heavy atom. The quantitative estimate of drug-likeness (QED) is 0.823. The molecule has 1 fully saturated rings. The zero-order chi connectivity index (χ0) is 22.1. The first kappa shape index (κ1) is 21.6. The predicted octanol–water partition coefficient (Wildman–Crippen LogP) is 2.91. The molecule has 1 saturated heterocycles. The molecule has 0 saturated carbocycles. The fourth-order valence-corrected chi connectivity index (χ4v) is 3.22. The van der Waals surface area contributed by atoms with Crippen LogP contribution in [0.25, 0.3) is 11.3 Å². The first-order valence-corrected chi connectivity index (χ1v) is 9.74. The fourth-order valence-electron chi connectivity index (χ4n) is 3.22. The standard InChI is InChI=1S/C21H27FN4O4/c1-21(2,3)30-20(28)26-8-7-18(15(22)10-26)29-17-6-5-13(9-14(17)19(23)27)16-11-25(4)12-24-16/h5-6,9,11-12,15,18H,7-8,10H2,1-4H3,(H2,23,27)/t15-,18+/m1/s1. The number of piperidine rings is 1. The molecule has 2 atom stereocenters. The number of ether oxygens (including phenoxy) is 2. The molecule has 3 rings (SSSR count). The summed E-state index contributed by atoms with van der Waals surface area (Å²) in [4.78, 5) is 29.7. The second-order valence-electron chi connectivity index (χ2n) is 8.39. The molecule has 0 bridgehead atoms. The lowest BCUT2D eigenvalue weighted by Gasteiger charge is -2.35. The number of nitrogens with zero attached hydrogens (tertiary/aromatic N) is 3. The molecular formula is C21H27FN4O4. The van der Waals surface area contributed by atoms with Gasteiger partial charge in [-0.05, 0) is 39.0 Å². The largest absolute Gasteiger partial charge is 0.486 e. The molecule has 2 aromatic rings. The SMILES string of the molecule is Cn1cnc(-c2ccc(O[C@H]3CCN(C(=O)OC(C)(C)C)C[C@H]3F)c(C(N)=O)c2)c1. The highest BCUT2D eigenvalue weighted by Gasteiger charge is 2.35. The summed E-state index contributed by atoms with van der Waals surface area (Å²) in [7, 11) is 1.84. The summed E-state index contributed by atoms with van der Waals surface area (Å²) < 4.78 is 27.6. The van der Waals surface area contributed by atoms with Crippen molar-refractivity contribution >= 4 is 12.0 Å². The Balaban J connectivity index is 1.72. The average Bonchev–Trinajstić information content (AvgIpc) is 3.08. The number of hydrogen-bond donors (Lipinski definition) is 1. The third-order valence-corrected chi connectivity index (χ3v) is 4.66. The van der Waals surface area contributed by atoms with Crippen LogP contribution in [-0.2, 0) is 11.8 Å². The van der Waals surface area contributed by atoms with Crippen molar-refractivity contribution in [2.45, 2.75) is 45.1 Å². The summed E-state index contributed by atoms with van der Waals surface area (Å²) in [6.07, 6.45) is 0.937. The number of alkyl halides is 1. The zero-order valence-electron chi connectivity index (χ0n) is 17.6. The van der Waals surface area contributed by atoms with Crippen LogP contribution < -0.4 is 10.5 Å². The second-order valence-corrected chi connectivity index (χ2v) is 8.39. The number of carbonyl (C=O) groups is 2. The maximum Gasteiger partial charge on any atom is 0.410 e. The number of nitrogens with two attached hydrogens (primary N) is 1. The van der Waals surface area contributed by atoms with Crippen LogP contribution in [-0.4, -0.2) is 57.4 Å². The minimum atomic E-state index is -1.43. The smallest absolute Gasteiger partial charge is 0.410 e. The zero-order valence-corrected chi connectivity index (χ0v) is 17.6. The van der Waals surface area contributed by atoms with Crippen LogP contribution in [0.15, 0.2) is 30.7 Å². The average molecular weight is 418 g/mol. The lowest BCUT2D eigenvalue weighted by atomic mass is 10.0. The van der Waals surface area contributed by atoms with E-state index in [1.165, 1.54) is 4.90 Å². The Labute approximate surface area is 174 Å². The Bertz CT molecular complexity index is 937. The maximum absolute atomic E-state index is 14.8. The van der Waals surface area contributed by atoms with Crippen LogP contribution in [0.2, 0.25) is 0 Å². The van der Waals surface area contributed by atoms with Crippen LogP contribution >= 0.6 is 0 Å². The van der Waals surface area contributed by atoms with Crippen molar-refractivity contribution in [3.05, 3.63) is 36.3 Å². The van der Waals surface area contributed by atoms with E-state index in [2.05, 4.69) is 4.98 Å². The second kappa shape index (κ2) is 8.33. The number of aryl methyl sites for hydroxylation is 1. The van der Waals surface area contributed by atoms with Gasteiger partial charge in [-0.1, -0.05) is 0 Å². The highest BCUT2D eigenvalue weighted by molar-refractivity contribution is 5.97. The van der Waals surface area contributed by atoms with E-state index in [-0.39, 0.29) is 30.8 Å². The highest BCUT2D eigenvalue weighted by Crippen LogP contribution is 2.29. The van der Waals surface area contributed by atoms with Crippen molar-refractivity contribution in [2.24, 2.45) is 12.8 Å². The molecule has 1 aliphatic rings. The number of halogens is 1. The lowest BCUT2D eigenvalue weighted by Crippen LogP contribution is -2.50. The number of rotatable bonds is 4. The van der Waals surface area contributed by atoms with E-state index in [0.29, 0.717) is 11.3 Å². The van der Waals surface area contributed by atoms with Gasteiger partial charge >= 0.3 is 6.09 Å². The number of benzene rings is 1. The van der Waals surface area contributed by atoms with E-state index < -0.39 is 29.9 Å². The van der Waals surface area contributed by atoms with Crippen molar-refractivity contribution in [3.8, 4) is 17.0 Å². The fraction of sp³-hybridized carbons (Fsp3) is 0.476. The van der Waals surface area contributed by atoms with Crippen molar-refractivity contribution in [1.29, 1.82) is 0 Å². The normalized spacial score (nSPS) is 19.4. The molecule has 2 N–H and O–H groups in total. The van der Waals surface area contributed by atoms with Gasteiger partial charge in [-0.25, -0.2) is 14.2 Å². The molecule has 0 spiro atoms. The Morgan fingerprint density at radius 1 is 1.30 bits per heavy atom. The molecule has 8 nitrogen and oxygen atoms in total. The molecule has 1 aromatic carbocycles. The van der Waals surface area contributed by atoms with Gasteiger partial charge in [0.2, 0.25) is 0 Å². The molecule has 1 aliphatic heterocycles. The third-order valence-electron chi connectivity index (χ3n) is 4.66. The highest BCUT2D eigenvalue weighted by atomic mass is 19.1. The summed E-state index contributed by atoms with van der Waals surface area (Å²) in [5.74, 6) is -0.468. The van der Waals surface area contributed by atoms with Gasteiger partial charge in [-0.3, -0.25) is 4.79 Å². The van der Waals surface area contributed by atoms with Gasteiger partial charge in [-0.15, -0.1) is 0 Å². The van der Waals surface area contributed by atoms with E-state index in [4.69, 9.17) is 15.2 Å². The summed E-state index contributed by atoms with van der Waals surface area (Å²) in [5.41, 5.74) is 6.40. The van der Waals surface area contributed by atoms with Crippen LogP contribution in [0.3, 0.4) is 0 Å². The van der Waals surface area contributed by atoms with Crippen molar-refractivity contribution in [2.75, 3.05) is 13.1 Å². The molecule has 0 unspecified atom stereocenters. The molecule has 2 heterocycles. The number of hydrogen-bond acceptors (Lipinski definition) is 5. The van der Waals surface area contributed by atoms with Crippen molar-refractivity contribution < 1.29 is 23.5 Å². The van der Waals surface area contributed by atoms with Crippen LogP contribution in [0.4, 0.5) is 9.18 Å². The first-order valence-electron chi connectivity index (χ1n) is 9.74. The number of amides is 2. The van der Waals surface area contributed by atoms with E-state index in [1.54, 1.807) is 49.9 Å². The minimum Gasteiger partial charge on any atom is -0.486 e. The molecule has 0 radical (unpaired) electrons. The van der Waals surface area contributed by atoms with E-state index in [0.717, 1.165) is 0 Å².